The third kappa shape index (κ3) is 6.29. The summed E-state index contributed by atoms with van der Waals surface area (Å²) >= 11 is 0. The van der Waals surface area contributed by atoms with Gasteiger partial charge in [0.05, 0.1) is 11.4 Å². The molecule has 0 unspecified atom stereocenters. The zero-order chi connectivity index (χ0) is 32.4. The number of benzene rings is 2. The van der Waals surface area contributed by atoms with Crippen molar-refractivity contribution in [3.05, 3.63) is 72.3 Å². The molecule has 4 heterocycles. The smallest absolute Gasteiger partial charge is 0.264 e. The number of hydrogen-bond acceptors (Lipinski definition) is 9. The molecule has 0 spiro atoms. The Morgan fingerprint density at radius 3 is 2.57 bits per heavy atom. The summed E-state index contributed by atoms with van der Waals surface area (Å²) in [5, 5.41) is 15.3. The number of carbonyl (C=O) groups excluding carboxylic acids is 1. The Bertz CT molecular complexity index is 1810. The number of piperazine rings is 1. The van der Waals surface area contributed by atoms with E-state index in [1.807, 2.05) is 32.0 Å². The van der Waals surface area contributed by atoms with E-state index >= 15 is 4.39 Å². The number of ether oxygens (including phenoxy) is 1. The van der Waals surface area contributed by atoms with Crippen LogP contribution in [0.15, 0.2) is 66.5 Å². The number of nitrogens with two attached hydrogens (primary N) is 1. The number of aromatic nitrogens is 4. The lowest BCUT2D eigenvalue weighted by Gasteiger charge is -2.42. The van der Waals surface area contributed by atoms with Crippen LogP contribution in [0, 0.1) is 17.1 Å². The molecule has 12 heteroatoms. The van der Waals surface area contributed by atoms with Gasteiger partial charge in [0.2, 0.25) is 0 Å². The van der Waals surface area contributed by atoms with E-state index in [4.69, 9.17) is 15.6 Å². The molecule has 238 valence electrons. The molecule has 11 nitrogen and oxygen atoms in total. The number of carbonyl (C=O) groups is 1. The second kappa shape index (κ2) is 12.9. The van der Waals surface area contributed by atoms with Gasteiger partial charge in [-0.05, 0) is 64.1 Å². The number of likely N-dealkylation sites (tertiary alicyclic amines) is 1. The first kappa shape index (κ1) is 31.1. The van der Waals surface area contributed by atoms with Crippen molar-refractivity contribution in [2.24, 2.45) is 0 Å². The molecular formula is C34H38FN9O2. The van der Waals surface area contributed by atoms with Gasteiger partial charge in [0.25, 0.3) is 5.91 Å². The summed E-state index contributed by atoms with van der Waals surface area (Å²) in [5.41, 5.74) is 6.99. The normalized spacial score (nSPS) is 18.5. The molecular weight excluding hydrogens is 585 g/mol. The molecule has 2 aliphatic rings. The average molecular weight is 624 g/mol. The highest BCUT2D eigenvalue weighted by Crippen LogP contribution is 2.36. The van der Waals surface area contributed by atoms with E-state index in [2.05, 4.69) is 32.9 Å². The van der Waals surface area contributed by atoms with Crippen LogP contribution < -0.4 is 10.5 Å². The predicted octanol–water partition coefficient (Wildman–Crippen LogP) is 4.65. The Labute approximate surface area is 267 Å². The van der Waals surface area contributed by atoms with Crippen molar-refractivity contribution in [3.63, 3.8) is 0 Å². The quantitative estimate of drug-likeness (QED) is 0.231. The van der Waals surface area contributed by atoms with Gasteiger partial charge in [0.15, 0.2) is 5.65 Å². The zero-order valence-electron chi connectivity index (χ0n) is 26.4. The van der Waals surface area contributed by atoms with E-state index in [1.54, 1.807) is 39.9 Å². The number of piperidine rings is 1. The average Bonchev–Trinajstić information content (AvgIpc) is 3.45. The SMILES string of the molecule is CN1CCN(C(C)(C)/C=C(/C#N)C(=O)N2CCC[C@@H](n3nc(-c4ccc(Oc5ccccc5)cc4F)c4c(N)ncnc43)C2)CC1. The second-order valence-corrected chi connectivity index (χ2v) is 12.5. The van der Waals surface area contributed by atoms with Crippen LogP contribution in [0.5, 0.6) is 11.5 Å². The van der Waals surface area contributed by atoms with Gasteiger partial charge in [-0.15, -0.1) is 0 Å². The number of hydrogen-bond donors (Lipinski definition) is 1. The van der Waals surface area contributed by atoms with Gasteiger partial charge in [-0.1, -0.05) is 18.2 Å². The van der Waals surface area contributed by atoms with E-state index in [1.165, 1.54) is 12.4 Å². The molecule has 2 aliphatic heterocycles. The molecule has 46 heavy (non-hydrogen) atoms. The highest BCUT2D eigenvalue weighted by molar-refractivity contribution is 5.99. The maximum atomic E-state index is 15.6. The standard InChI is InChI=1S/C34H38FN9O2/c1-34(2,43-16-14-41(3)15-17-43)19-23(20-36)33(45)42-13-7-8-24(21-42)44-32-29(31(37)38-22-39-32)30(40-44)27-12-11-26(18-28(27)35)46-25-9-5-4-6-10-25/h4-6,9-12,18-19,22,24H,7-8,13-17,21H2,1-3H3,(H2,37,38,39)/b23-19-/t24-/m1/s1. The molecule has 2 aromatic carbocycles. The monoisotopic (exact) mass is 623 g/mol. The number of amides is 1. The molecule has 1 atom stereocenters. The molecule has 0 aliphatic carbocycles. The van der Waals surface area contributed by atoms with Crippen LogP contribution in [-0.2, 0) is 4.79 Å². The summed E-state index contributed by atoms with van der Waals surface area (Å²) < 4.78 is 23.2. The molecule has 0 radical (unpaired) electrons. The van der Waals surface area contributed by atoms with Crippen molar-refractivity contribution in [2.75, 3.05) is 52.0 Å². The Hall–Kier alpha value is -4.86. The van der Waals surface area contributed by atoms with Crippen molar-refractivity contribution >= 4 is 22.8 Å². The molecule has 0 bridgehead atoms. The van der Waals surface area contributed by atoms with Crippen LogP contribution in [0.3, 0.4) is 0 Å². The number of halogens is 1. The largest absolute Gasteiger partial charge is 0.457 e. The fourth-order valence-corrected chi connectivity index (χ4v) is 6.29. The Balaban J connectivity index is 1.27. The fraction of sp³-hybridized carbons (Fsp3) is 0.382. The molecule has 2 saturated heterocycles. The molecule has 2 N–H and O–H groups in total. The van der Waals surface area contributed by atoms with Crippen molar-refractivity contribution < 1.29 is 13.9 Å². The molecule has 1 amide bonds. The number of likely N-dealkylation sites (N-methyl/N-ethyl adjacent to an activating group) is 1. The van der Waals surface area contributed by atoms with Gasteiger partial charge in [-0.3, -0.25) is 9.69 Å². The van der Waals surface area contributed by atoms with Crippen molar-refractivity contribution in [1.82, 2.24) is 34.4 Å². The Morgan fingerprint density at radius 1 is 1.09 bits per heavy atom. The zero-order valence-corrected chi connectivity index (χ0v) is 26.4. The first-order chi connectivity index (χ1) is 22.1. The van der Waals surface area contributed by atoms with E-state index in [0.717, 1.165) is 26.2 Å². The lowest BCUT2D eigenvalue weighted by atomic mass is 9.96. The van der Waals surface area contributed by atoms with E-state index in [0.29, 0.717) is 54.2 Å². The van der Waals surface area contributed by atoms with Crippen LogP contribution in [0.1, 0.15) is 32.7 Å². The number of anilines is 1. The van der Waals surface area contributed by atoms with Crippen molar-refractivity contribution in [2.45, 2.75) is 38.3 Å². The van der Waals surface area contributed by atoms with Crippen molar-refractivity contribution in [3.8, 4) is 28.8 Å². The maximum Gasteiger partial charge on any atom is 0.264 e. The number of nitriles is 1. The number of fused-ring (bicyclic) bond motifs is 1. The van der Waals surface area contributed by atoms with Crippen LogP contribution in [0.2, 0.25) is 0 Å². The fourth-order valence-electron chi connectivity index (χ4n) is 6.29. The van der Waals surface area contributed by atoms with Gasteiger partial charge in [-0.25, -0.2) is 19.0 Å². The van der Waals surface area contributed by atoms with E-state index in [-0.39, 0.29) is 28.9 Å². The molecule has 6 rings (SSSR count). The maximum absolute atomic E-state index is 15.6. The minimum atomic E-state index is -0.532. The Morgan fingerprint density at radius 2 is 1.85 bits per heavy atom. The third-order valence-electron chi connectivity index (χ3n) is 8.89. The van der Waals surface area contributed by atoms with Gasteiger partial charge in [-0.2, -0.15) is 10.4 Å². The lowest BCUT2D eigenvalue weighted by Crippen LogP contribution is -2.53. The predicted molar refractivity (Wildman–Crippen MR) is 173 cm³/mol. The number of rotatable bonds is 7. The first-order valence-electron chi connectivity index (χ1n) is 15.5. The topological polar surface area (TPSA) is 129 Å². The Kier molecular flexibility index (Phi) is 8.71. The van der Waals surface area contributed by atoms with Crippen LogP contribution >= 0.6 is 0 Å². The van der Waals surface area contributed by atoms with E-state index < -0.39 is 11.4 Å². The van der Waals surface area contributed by atoms with Crippen LogP contribution in [0.25, 0.3) is 22.3 Å². The number of nitrogen functional groups attached to an aromatic ring is 1. The minimum absolute atomic E-state index is 0.127. The first-order valence-corrected chi connectivity index (χ1v) is 15.5. The van der Waals surface area contributed by atoms with Gasteiger partial charge < -0.3 is 20.3 Å². The number of nitrogens with zero attached hydrogens (tertiary/aromatic N) is 8. The lowest BCUT2D eigenvalue weighted by molar-refractivity contribution is -0.128. The van der Waals surface area contributed by atoms with Gasteiger partial charge in [0.1, 0.15) is 46.8 Å². The second-order valence-electron chi connectivity index (χ2n) is 12.5. The molecule has 2 fully saturated rings. The van der Waals surface area contributed by atoms with E-state index in [9.17, 15) is 10.1 Å². The minimum Gasteiger partial charge on any atom is -0.457 e. The van der Waals surface area contributed by atoms with Crippen LogP contribution in [0.4, 0.5) is 10.2 Å². The van der Waals surface area contributed by atoms with Gasteiger partial charge >= 0.3 is 0 Å². The molecule has 0 saturated carbocycles. The highest BCUT2D eigenvalue weighted by atomic mass is 19.1. The van der Waals surface area contributed by atoms with Crippen LogP contribution in [-0.4, -0.2) is 92.2 Å². The molecule has 4 aromatic rings. The van der Waals surface area contributed by atoms with Gasteiger partial charge in [0, 0.05) is 56.4 Å². The summed E-state index contributed by atoms with van der Waals surface area (Å²) in [5.74, 6) is 0.283. The summed E-state index contributed by atoms with van der Waals surface area (Å²) in [4.78, 5) is 28.7. The van der Waals surface area contributed by atoms with Crippen molar-refractivity contribution in [1.29, 1.82) is 5.26 Å². The third-order valence-corrected chi connectivity index (χ3v) is 8.89. The number of para-hydroxylation sites is 1. The summed E-state index contributed by atoms with van der Waals surface area (Å²) in [6, 6.07) is 15.6. The summed E-state index contributed by atoms with van der Waals surface area (Å²) in [6.45, 7) is 8.52. The summed E-state index contributed by atoms with van der Waals surface area (Å²) in [7, 11) is 2.09. The summed E-state index contributed by atoms with van der Waals surface area (Å²) in [6.07, 6.45) is 4.58. The highest BCUT2D eigenvalue weighted by Gasteiger charge is 2.33. The molecule has 2 aromatic heterocycles.